The molecule has 8 nitrogen and oxygen atoms in total. The Labute approximate surface area is 183 Å². The smallest absolute Gasteiger partial charge is 0.162 e. The van der Waals surface area contributed by atoms with Gasteiger partial charge in [-0.25, -0.2) is 0 Å². The highest BCUT2D eigenvalue weighted by molar-refractivity contribution is 5.46. The van der Waals surface area contributed by atoms with Gasteiger partial charge in [-0.2, -0.15) is 0 Å². The molecule has 0 aliphatic carbocycles. The fourth-order valence-corrected chi connectivity index (χ4v) is 3.27. The van der Waals surface area contributed by atoms with E-state index < -0.39 is 0 Å². The Balaban J connectivity index is 1.59. The Bertz CT molecular complexity index is 752. The SMILES string of the molecule is CN1CCNCc2cccc(c2O)OCCOCCOc2cccc(c2O)CNCC1. The number of ether oxygens (including phenoxy) is 3. The predicted molar refractivity (Wildman–Crippen MR) is 119 cm³/mol. The number of phenolic OH excluding ortho intramolecular Hbond substituents is 2. The summed E-state index contributed by atoms with van der Waals surface area (Å²) in [6.45, 7) is 5.88. The van der Waals surface area contributed by atoms with Gasteiger partial charge in [0.05, 0.1) is 13.2 Å². The number of rotatable bonds is 0. The summed E-state index contributed by atoms with van der Waals surface area (Å²) in [7, 11) is 2.07. The maximum atomic E-state index is 10.4. The number of nitrogens with zero attached hydrogens (tertiary/aromatic N) is 1. The number of hydrogen-bond donors (Lipinski definition) is 4. The first-order chi connectivity index (χ1) is 15.1. The van der Waals surface area contributed by atoms with Crippen molar-refractivity contribution in [2.75, 3.05) is 59.7 Å². The molecule has 0 aromatic heterocycles. The Morgan fingerprint density at radius 3 is 1.71 bits per heavy atom. The minimum atomic E-state index is 0.161. The molecule has 8 heteroatoms. The van der Waals surface area contributed by atoms with Gasteiger partial charge < -0.3 is 40.0 Å². The zero-order valence-corrected chi connectivity index (χ0v) is 18.1. The first-order valence-electron chi connectivity index (χ1n) is 10.7. The van der Waals surface area contributed by atoms with Crippen LogP contribution < -0.4 is 20.1 Å². The zero-order valence-electron chi connectivity index (χ0n) is 18.1. The first-order valence-corrected chi connectivity index (χ1v) is 10.7. The molecule has 2 aromatic rings. The van der Waals surface area contributed by atoms with Crippen LogP contribution in [0.3, 0.4) is 0 Å². The van der Waals surface area contributed by atoms with E-state index in [1.54, 1.807) is 12.1 Å². The normalized spacial score (nSPS) is 18.1. The largest absolute Gasteiger partial charge is 0.504 e. The van der Waals surface area contributed by atoms with Crippen molar-refractivity contribution < 1.29 is 24.4 Å². The van der Waals surface area contributed by atoms with E-state index in [2.05, 4.69) is 22.6 Å². The molecule has 1 aliphatic rings. The molecule has 170 valence electrons. The van der Waals surface area contributed by atoms with Crippen LogP contribution in [-0.2, 0) is 17.8 Å². The van der Waals surface area contributed by atoms with E-state index in [1.165, 1.54) is 0 Å². The van der Waals surface area contributed by atoms with Gasteiger partial charge in [0.25, 0.3) is 0 Å². The van der Waals surface area contributed by atoms with E-state index >= 15 is 0 Å². The van der Waals surface area contributed by atoms with E-state index in [0.29, 0.717) is 51.0 Å². The van der Waals surface area contributed by atoms with Crippen LogP contribution in [0.5, 0.6) is 23.0 Å². The summed E-state index contributed by atoms with van der Waals surface area (Å²) >= 11 is 0. The van der Waals surface area contributed by atoms with Gasteiger partial charge in [-0.05, 0) is 19.2 Å². The highest BCUT2D eigenvalue weighted by Gasteiger charge is 2.10. The van der Waals surface area contributed by atoms with Crippen molar-refractivity contribution in [3.05, 3.63) is 47.5 Å². The second-order valence-electron chi connectivity index (χ2n) is 7.49. The van der Waals surface area contributed by atoms with E-state index in [9.17, 15) is 10.2 Å². The van der Waals surface area contributed by atoms with Crippen LogP contribution >= 0.6 is 0 Å². The molecule has 0 amide bonds. The molecule has 1 aliphatic heterocycles. The minimum Gasteiger partial charge on any atom is -0.504 e. The van der Waals surface area contributed by atoms with Crippen LogP contribution in [0.1, 0.15) is 11.1 Å². The van der Waals surface area contributed by atoms with Gasteiger partial charge in [-0.15, -0.1) is 0 Å². The predicted octanol–water partition coefficient (Wildman–Crippen LogP) is 1.70. The van der Waals surface area contributed by atoms with Gasteiger partial charge >= 0.3 is 0 Å². The molecule has 0 saturated heterocycles. The standard InChI is InChI=1S/C23H33N3O5/c1-26-10-8-24-16-18-4-2-6-20(22(18)27)30-14-12-29-13-15-31-21-7-3-5-19(23(21)28)17-25-9-11-26/h2-7,24-25,27-28H,8-17H2,1H3. The molecular weight excluding hydrogens is 398 g/mol. The Kier molecular flexibility index (Phi) is 9.23. The van der Waals surface area contributed by atoms with Gasteiger partial charge in [0.2, 0.25) is 0 Å². The average Bonchev–Trinajstić information content (AvgIpc) is 2.76. The summed E-state index contributed by atoms with van der Waals surface area (Å²) in [5, 5.41) is 27.6. The summed E-state index contributed by atoms with van der Waals surface area (Å²) in [5.41, 5.74) is 1.61. The summed E-state index contributed by atoms with van der Waals surface area (Å²) in [6.07, 6.45) is 0. The number of para-hydroxylation sites is 2. The van der Waals surface area contributed by atoms with E-state index in [0.717, 1.165) is 37.3 Å². The van der Waals surface area contributed by atoms with Crippen molar-refractivity contribution >= 4 is 0 Å². The zero-order chi connectivity index (χ0) is 21.9. The van der Waals surface area contributed by atoms with Crippen molar-refractivity contribution in [3.8, 4) is 23.0 Å². The average molecular weight is 432 g/mol. The summed E-state index contributed by atoms with van der Waals surface area (Å²) in [4.78, 5) is 2.23. The van der Waals surface area contributed by atoms with Gasteiger partial charge in [0, 0.05) is 50.4 Å². The first kappa shape index (κ1) is 23.1. The molecular formula is C23H33N3O5. The number of fused-ring (bicyclic) bond motifs is 4. The van der Waals surface area contributed by atoms with Crippen molar-refractivity contribution in [1.82, 2.24) is 15.5 Å². The molecule has 3 rings (SSSR count). The van der Waals surface area contributed by atoms with Crippen LogP contribution in [0.25, 0.3) is 0 Å². The van der Waals surface area contributed by atoms with Gasteiger partial charge in [-0.1, -0.05) is 24.3 Å². The molecule has 0 atom stereocenters. The fraction of sp³-hybridized carbons (Fsp3) is 0.478. The number of nitrogens with one attached hydrogen (secondary N) is 2. The molecule has 2 aromatic carbocycles. The van der Waals surface area contributed by atoms with Crippen LogP contribution in [-0.4, -0.2) is 74.8 Å². The number of likely N-dealkylation sites (N-methyl/N-ethyl adjacent to an activating group) is 1. The lowest BCUT2D eigenvalue weighted by Crippen LogP contribution is -2.34. The van der Waals surface area contributed by atoms with Gasteiger partial charge in [-0.3, -0.25) is 0 Å². The van der Waals surface area contributed by atoms with Crippen molar-refractivity contribution in [3.63, 3.8) is 0 Å². The van der Waals surface area contributed by atoms with Crippen LogP contribution in [0.4, 0.5) is 0 Å². The lowest BCUT2D eigenvalue weighted by molar-refractivity contribution is 0.0750. The van der Waals surface area contributed by atoms with Crippen LogP contribution in [0.2, 0.25) is 0 Å². The van der Waals surface area contributed by atoms with E-state index in [1.807, 2.05) is 24.3 Å². The van der Waals surface area contributed by atoms with Crippen molar-refractivity contribution in [2.24, 2.45) is 0 Å². The molecule has 0 fully saturated rings. The number of aromatic hydroxyl groups is 2. The Morgan fingerprint density at radius 1 is 0.742 bits per heavy atom. The molecule has 4 bridgehead atoms. The van der Waals surface area contributed by atoms with Gasteiger partial charge in [0.15, 0.2) is 23.0 Å². The van der Waals surface area contributed by atoms with Crippen molar-refractivity contribution in [2.45, 2.75) is 13.1 Å². The van der Waals surface area contributed by atoms with E-state index in [-0.39, 0.29) is 11.5 Å². The number of benzene rings is 2. The van der Waals surface area contributed by atoms with E-state index in [4.69, 9.17) is 14.2 Å². The lowest BCUT2D eigenvalue weighted by Gasteiger charge is -2.18. The van der Waals surface area contributed by atoms with Gasteiger partial charge in [0.1, 0.15) is 13.2 Å². The van der Waals surface area contributed by atoms with Crippen molar-refractivity contribution in [1.29, 1.82) is 0 Å². The highest BCUT2D eigenvalue weighted by atomic mass is 16.5. The molecule has 0 spiro atoms. The minimum absolute atomic E-state index is 0.161. The maximum Gasteiger partial charge on any atom is 0.162 e. The third-order valence-electron chi connectivity index (χ3n) is 5.11. The Morgan fingerprint density at radius 2 is 1.23 bits per heavy atom. The number of hydrogen-bond acceptors (Lipinski definition) is 8. The molecule has 0 unspecified atom stereocenters. The molecule has 4 N–H and O–H groups in total. The summed E-state index contributed by atoms with van der Waals surface area (Å²) in [6, 6.07) is 11.0. The molecule has 0 radical (unpaired) electrons. The molecule has 1 heterocycles. The fourth-order valence-electron chi connectivity index (χ4n) is 3.27. The summed E-state index contributed by atoms with van der Waals surface area (Å²) < 4.78 is 16.9. The quantitative estimate of drug-likeness (QED) is 0.501. The third-order valence-corrected chi connectivity index (χ3v) is 5.11. The topological polar surface area (TPSA) is 95.5 Å². The summed E-state index contributed by atoms with van der Waals surface area (Å²) in [5.74, 6) is 1.22. The lowest BCUT2D eigenvalue weighted by atomic mass is 10.2. The number of phenols is 2. The molecule has 0 saturated carbocycles. The molecule has 31 heavy (non-hydrogen) atoms. The Hall–Kier alpha value is -2.52. The van der Waals surface area contributed by atoms with Crippen LogP contribution in [0.15, 0.2) is 36.4 Å². The third kappa shape index (κ3) is 7.29. The second-order valence-corrected chi connectivity index (χ2v) is 7.49. The monoisotopic (exact) mass is 431 g/mol. The second kappa shape index (κ2) is 12.4. The van der Waals surface area contributed by atoms with Crippen LogP contribution in [0, 0.1) is 0 Å². The maximum absolute atomic E-state index is 10.4. The highest BCUT2D eigenvalue weighted by Crippen LogP contribution is 2.30.